The average molecular weight is 428 g/mol. The van der Waals surface area contributed by atoms with Gasteiger partial charge in [0, 0.05) is 8.95 Å². The molecule has 0 bridgehead atoms. The summed E-state index contributed by atoms with van der Waals surface area (Å²) >= 11 is 6.58. The molecule has 2 aromatic rings. The first-order chi connectivity index (χ1) is 10.6. The molecule has 0 saturated carbocycles. The maximum absolute atomic E-state index is 11.9. The van der Waals surface area contributed by atoms with Crippen LogP contribution >= 0.6 is 31.9 Å². The number of halogens is 2. The van der Waals surface area contributed by atoms with Gasteiger partial charge in [0.1, 0.15) is 5.75 Å². The number of ether oxygens (including phenoxy) is 1. The molecule has 0 aliphatic heterocycles. The van der Waals surface area contributed by atoms with Crippen LogP contribution in [0.5, 0.6) is 5.75 Å². The summed E-state index contributed by atoms with van der Waals surface area (Å²) in [6, 6.07) is 14.0. The lowest BCUT2D eigenvalue weighted by molar-refractivity contribution is -0.123. The van der Waals surface area contributed by atoms with E-state index in [1.807, 2.05) is 12.1 Å². The van der Waals surface area contributed by atoms with Gasteiger partial charge in [0.05, 0.1) is 5.56 Å². The van der Waals surface area contributed by atoms with Crippen molar-refractivity contribution in [3.05, 3.63) is 63.0 Å². The van der Waals surface area contributed by atoms with Gasteiger partial charge in [-0.1, -0.05) is 28.1 Å². The number of nitrogens with one attached hydrogen (secondary N) is 2. The van der Waals surface area contributed by atoms with Gasteiger partial charge in [-0.3, -0.25) is 20.4 Å². The number of amides is 2. The van der Waals surface area contributed by atoms with E-state index < -0.39 is 11.8 Å². The second-order valence-electron chi connectivity index (χ2n) is 4.22. The summed E-state index contributed by atoms with van der Waals surface area (Å²) in [5.74, 6) is -0.303. The van der Waals surface area contributed by atoms with Gasteiger partial charge in [-0.15, -0.1) is 0 Å². The molecule has 0 saturated heterocycles. The van der Waals surface area contributed by atoms with Crippen LogP contribution in [0.15, 0.2) is 57.5 Å². The van der Waals surface area contributed by atoms with Crippen LogP contribution in [0.3, 0.4) is 0 Å². The monoisotopic (exact) mass is 426 g/mol. The van der Waals surface area contributed by atoms with Crippen LogP contribution < -0.4 is 15.6 Å². The molecule has 2 rings (SSSR count). The number of carbonyl (C=O) groups is 2. The van der Waals surface area contributed by atoms with Crippen molar-refractivity contribution in [1.29, 1.82) is 0 Å². The van der Waals surface area contributed by atoms with E-state index >= 15 is 0 Å². The molecule has 0 aromatic heterocycles. The molecule has 2 amide bonds. The van der Waals surface area contributed by atoms with Crippen LogP contribution in [0.25, 0.3) is 0 Å². The summed E-state index contributed by atoms with van der Waals surface area (Å²) in [4.78, 5) is 23.5. The minimum atomic E-state index is -0.455. The van der Waals surface area contributed by atoms with Crippen LogP contribution in [0.2, 0.25) is 0 Å². The summed E-state index contributed by atoms with van der Waals surface area (Å²) in [6.45, 7) is -0.197. The fourth-order valence-corrected chi connectivity index (χ4v) is 2.28. The topological polar surface area (TPSA) is 67.4 Å². The minimum Gasteiger partial charge on any atom is -0.484 e. The van der Waals surface area contributed by atoms with Gasteiger partial charge in [0.15, 0.2) is 6.61 Å². The molecular weight excluding hydrogens is 416 g/mol. The molecule has 0 aliphatic rings. The Hall–Kier alpha value is -1.86. The zero-order chi connectivity index (χ0) is 15.9. The van der Waals surface area contributed by atoms with Crippen LogP contribution in [-0.2, 0) is 4.79 Å². The highest BCUT2D eigenvalue weighted by atomic mass is 79.9. The zero-order valence-corrected chi connectivity index (χ0v) is 14.5. The fraction of sp³-hybridized carbons (Fsp3) is 0.0667. The van der Waals surface area contributed by atoms with Crippen molar-refractivity contribution in [2.24, 2.45) is 0 Å². The highest BCUT2D eigenvalue weighted by Crippen LogP contribution is 2.16. The summed E-state index contributed by atoms with van der Waals surface area (Å²) in [7, 11) is 0. The molecule has 22 heavy (non-hydrogen) atoms. The van der Waals surface area contributed by atoms with Gasteiger partial charge in [-0.2, -0.15) is 0 Å². The molecule has 114 valence electrons. The van der Waals surface area contributed by atoms with Crippen LogP contribution in [0, 0.1) is 0 Å². The number of benzene rings is 2. The maximum atomic E-state index is 11.9. The highest BCUT2D eigenvalue weighted by Gasteiger charge is 2.10. The Kier molecular flexibility index (Phi) is 5.97. The Morgan fingerprint density at radius 1 is 0.955 bits per heavy atom. The summed E-state index contributed by atoms with van der Waals surface area (Å²) < 4.78 is 6.86. The zero-order valence-electron chi connectivity index (χ0n) is 11.3. The standard InChI is InChI=1S/C15H12Br2N2O3/c16-10-5-7-11(8-6-10)22-9-14(20)18-19-15(21)12-3-1-2-4-13(12)17/h1-8H,9H2,(H,18,20)(H,19,21). The molecule has 5 nitrogen and oxygen atoms in total. The second-order valence-corrected chi connectivity index (χ2v) is 5.99. The van der Waals surface area contributed by atoms with Crippen LogP contribution in [0.1, 0.15) is 10.4 Å². The number of rotatable bonds is 4. The average Bonchev–Trinajstić information content (AvgIpc) is 2.52. The highest BCUT2D eigenvalue weighted by molar-refractivity contribution is 9.10. The molecule has 7 heteroatoms. The van der Waals surface area contributed by atoms with Gasteiger partial charge < -0.3 is 4.74 Å². The predicted molar refractivity (Wildman–Crippen MR) is 89.4 cm³/mol. The van der Waals surface area contributed by atoms with Crippen molar-refractivity contribution in [1.82, 2.24) is 10.9 Å². The van der Waals surface area contributed by atoms with Crippen molar-refractivity contribution in [2.45, 2.75) is 0 Å². The molecule has 0 aliphatic carbocycles. The first kappa shape index (κ1) is 16.5. The van der Waals surface area contributed by atoms with Gasteiger partial charge in [-0.05, 0) is 52.3 Å². The number of hydrogen-bond donors (Lipinski definition) is 2. The van der Waals surface area contributed by atoms with Gasteiger partial charge >= 0.3 is 0 Å². The lowest BCUT2D eigenvalue weighted by Crippen LogP contribution is -2.43. The third-order valence-electron chi connectivity index (χ3n) is 2.62. The van der Waals surface area contributed by atoms with Gasteiger partial charge in [-0.25, -0.2) is 0 Å². The SMILES string of the molecule is O=C(COc1ccc(Br)cc1)NNC(=O)c1ccccc1Br. The molecule has 2 N–H and O–H groups in total. The van der Waals surface area contributed by atoms with E-state index in [4.69, 9.17) is 4.74 Å². The lowest BCUT2D eigenvalue weighted by Gasteiger charge is -2.09. The number of carbonyl (C=O) groups excluding carboxylic acids is 2. The molecule has 0 atom stereocenters. The Morgan fingerprint density at radius 2 is 1.64 bits per heavy atom. The molecule has 0 fully saturated rings. The Balaban J connectivity index is 1.79. The maximum Gasteiger partial charge on any atom is 0.276 e. The van der Waals surface area contributed by atoms with Crippen LogP contribution in [0.4, 0.5) is 0 Å². The normalized spacial score (nSPS) is 9.91. The van der Waals surface area contributed by atoms with E-state index in [2.05, 4.69) is 42.7 Å². The first-order valence-electron chi connectivity index (χ1n) is 6.28. The predicted octanol–water partition coefficient (Wildman–Crippen LogP) is 3.05. The van der Waals surface area contributed by atoms with E-state index in [-0.39, 0.29) is 6.61 Å². The van der Waals surface area contributed by atoms with E-state index in [0.29, 0.717) is 15.8 Å². The van der Waals surface area contributed by atoms with Gasteiger partial charge in [0.25, 0.3) is 11.8 Å². The third kappa shape index (κ3) is 4.85. The first-order valence-corrected chi connectivity index (χ1v) is 7.87. The van der Waals surface area contributed by atoms with E-state index in [1.54, 1.807) is 36.4 Å². The second kappa shape index (κ2) is 7.95. The van der Waals surface area contributed by atoms with Crippen molar-refractivity contribution in [3.8, 4) is 5.75 Å². The van der Waals surface area contributed by atoms with Crippen LogP contribution in [-0.4, -0.2) is 18.4 Å². The molecule has 0 heterocycles. The molecule has 0 spiro atoms. The number of hydrazine groups is 1. The Bertz CT molecular complexity index is 675. The minimum absolute atomic E-state index is 0.197. The third-order valence-corrected chi connectivity index (χ3v) is 3.84. The Labute approximate surface area is 144 Å². The quantitative estimate of drug-likeness (QED) is 0.737. The van der Waals surface area contributed by atoms with Crippen molar-refractivity contribution < 1.29 is 14.3 Å². The van der Waals surface area contributed by atoms with Crippen molar-refractivity contribution >= 4 is 43.7 Å². The molecule has 0 radical (unpaired) electrons. The summed E-state index contributed by atoms with van der Waals surface area (Å²) in [5, 5.41) is 0. The van der Waals surface area contributed by atoms with E-state index in [0.717, 1.165) is 4.47 Å². The molecule has 2 aromatic carbocycles. The lowest BCUT2D eigenvalue weighted by atomic mass is 10.2. The van der Waals surface area contributed by atoms with Crippen molar-refractivity contribution in [3.63, 3.8) is 0 Å². The smallest absolute Gasteiger partial charge is 0.276 e. The number of hydrogen-bond acceptors (Lipinski definition) is 3. The van der Waals surface area contributed by atoms with Crippen molar-refractivity contribution in [2.75, 3.05) is 6.61 Å². The summed E-state index contributed by atoms with van der Waals surface area (Å²) in [6.07, 6.45) is 0. The fourth-order valence-electron chi connectivity index (χ4n) is 1.55. The van der Waals surface area contributed by atoms with E-state index in [1.165, 1.54) is 0 Å². The largest absolute Gasteiger partial charge is 0.484 e. The summed E-state index contributed by atoms with van der Waals surface area (Å²) in [5.41, 5.74) is 5.05. The van der Waals surface area contributed by atoms with E-state index in [9.17, 15) is 9.59 Å². The molecule has 0 unspecified atom stereocenters. The Morgan fingerprint density at radius 3 is 2.32 bits per heavy atom. The molecular formula is C15H12Br2N2O3. The van der Waals surface area contributed by atoms with Gasteiger partial charge in [0.2, 0.25) is 0 Å².